The van der Waals surface area contributed by atoms with Crippen molar-refractivity contribution in [1.29, 1.82) is 0 Å². The highest BCUT2D eigenvalue weighted by Gasteiger charge is 2.25. The Labute approximate surface area is 122 Å². The molecule has 0 aromatic carbocycles. The van der Waals surface area contributed by atoms with Crippen molar-refractivity contribution in [2.75, 3.05) is 45.9 Å². The standard InChI is InChI=1S/C14H35N3OSi/c1-6-15-13-11-12-14-18-19(16(7-2)8-3)17(9-4)10-5/h15,19H,6-14H2,1-5H3. The van der Waals surface area contributed by atoms with Crippen molar-refractivity contribution in [3.8, 4) is 0 Å². The minimum absolute atomic E-state index is 0.912. The van der Waals surface area contributed by atoms with E-state index in [1.54, 1.807) is 0 Å². The van der Waals surface area contributed by atoms with Crippen molar-refractivity contribution >= 4 is 9.36 Å². The molecule has 116 valence electrons. The highest BCUT2D eigenvalue weighted by molar-refractivity contribution is 6.45. The summed E-state index contributed by atoms with van der Waals surface area (Å²) in [6, 6.07) is 0. The topological polar surface area (TPSA) is 27.7 Å². The second-order valence-corrected chi connectivity index (χ2v) is 7.15. The second kappa shape index (κ2) is 13.1. The molecule has 0 saturated heterocycles. The molecule has 0 heterocycles. The number of unbranched alkanes of at least 4 members (excludes halogenated alkanes) is 1. The lowest BCUT2D eigenvalue weighted by atomic mass is 10.3. The van der Waals surface area contributed by atoms with E-state index < -0.39 is 9.36 Å². The van der Waals surface area contributed by atoms with E-state index in [-0.39, 0.29) is 0 Å². The van der Waals surface area contributed by atoms with Crippen LogP contribution in [0, 0.1) is 0 Å². The summed E-state index contributed by atoms with van der Waals surface area (Å²) >= 11 is 0. The van der Waals surface area contributed by atoms with Gasteiger partial charge in [0.15, 0.2) is 0 Å². The Kier molecular flexibility index (Phi) is 13.1. The van der Waals surface area contributed by atoms with E-state index in [0.29, 0.717) is 0 Å². The summed E-state index contributed by atoms with van der Waals surface area (Å²) in [5.74, 6) is 0. The molecule has 0 amide bonds. The molecular weight excluding hydrogens is 254 g/mol. The van der Waals surface area contributed by atoms with Crippen LogP contribution in [-0.2, 0) is 4.43 Å². The molecule has 4 nitrogen and oxygen atoms in total. The van der Waals surface area contributed by atoms with Crippen LogP contribution in [0.3, 0.4) is 0 Å². The molecule has 0 aliphatic heterocycles. The number of nitrogens with zero attached hydrogens (tertiary/aromatic N) is 2. The highest BCUT2D eigenvalue weighted by Crippen LogP contribution is 2.05. The third-order valence-corrected chi connectivity index (χ3v) is 6.76. The van der Waals surface area contributed by atoms with Gasteiger partial charge in [0, 0.05) is 6.61 Å². The molecule has 0 atom stereocenters. The fourth-order valence-electron chi connectivity index (χ4n) is 2.23. The van der Waals surface area contributed by atoms with E-state index in [0.717, 1.165) is 45.9 Å². The zero-order valence-electron chi connectivity index (χ0n) is 13.7. The van der Waals surface area contributed by atoms with Gasteiger partial charge in [-0.1, -0.05) is 34.6 Å². The molecule has 0 aromatic heterocycles. The van der Waals surface area contributed by atoms with Crippen molar-refractivity contribution in [3.05, 3.63) is 0 Å². The SMILES string of the molecule is CCNCCCCO[SiH](N(CC)CC)N(CC)CC. The maximum atomic E-state index is 6.27. The van der Waals surface area contributed by atoms with Crippen LogP contribution in [0.15, 0.2) is 0 Å². The monoisotopic (exact) mass is 289 g/mol. The molecular formula is C14H35N3OSi. The Morgan fingerprint density at radius 1 is 0.842 bits per heavy atom. The van der Waals surface area contributed by atoms with Gasteiger partial charge in [-0.3, -0.25) is 9.13 Å². The summed E-state index contributed by atoms with van der Waals surface area (Å²) in [6.07, 6.45) is 2.38. The van der Waals surface area contributed by atoms with Gasteiger partial charge < -0.3 is 9.74 Å². The van der Waals surface area contributed by atoms with Gasteiger partial charge in [0.1, 0.15) is 0 Å². The lowest BCUT2D eigenvalue weighted by Gasteiger charge is -2.35. The van der Waals surface area contributed by atoms with Crippen molar-refractivity contribution in [2.45, 2.75) is 47.5 Å². The molecule has 5 heteroatoms. The Morgan fingerprint density at radius 2 is 1.37 bits per heavy atom. The zero-order chi connectivity index (χ0) is 14.5. The summed E-state index contributed by atoms with van der Waals surface area (Å²) in [5, 5.41) is 3.36. The van der Waals surface area contributed by atoms with Gasteiger partial charge in [-0.25, -0.2) is 0 Å². The van der Waals surface area contributed by atoms with Crippen LogP contribution in [0.5, 0.6) is 0 Å². The first-order chi connectivity index (χ1) is 9.24. The van der Waals surface area contributed by atoms with Gasteiger partial charge >= 0.3 is 9.36 Å². The fraction of sp³-hybridized carbons (Fsp3) is 1.00. The van der Waals surface area contributed by atoms with Gasteiger partial charge in [-0.15, -0.1) is 0 Å². The average molecular weight is 290 g/mol. The van der Waals surface area contributed by atoms with E-state index in [2.05, 4.69) is 49.1 Å². The lowest BCUT2D eigenvalue weighted by molar-refractivity contribution is 0.203. The number of rotatable bonds is 13. The molecule has 0 spiro atoms. The summed E-state index contributed by atoms with van der Waals surface area (Å²) in [5.41, 5.74) is 0. The molecule has 0 unspecified atom stereocenters. The maximum absolute atomic E-state index is 6.27. The molecule has 1 N–H and O–H groups in total. The van der Waals surface area contributed by atoms with Crippen LogP contribution in [0.1, 0.15) is 47.5 Å². The lowest BCUT2D eigenvalue weighted by Crippen LogP contribution is -2.54. The fourth-order valence-corrected chi connectivity index (χ4v) is 4.74. The predicted octanol–water partition coefficient (Wildman–Crippen LogP) is 1.79. The van der Waals surface area contributed by atoms with Crippen molar-refractivity contribution in [3.63, 3.8) is 0 Å². The van der Waals surface area contributed by atoms with Gasteiger partial charge in [-0.2, -0.15) is 0 Å². The van der Waals surface area contributed by atoms with E-state index in [4.69, 9.17) is 4.43 Å². The Morgan fingerprint density at radius 3 is 1.79 bits per heavy atom. The van der Waals surface area contributed by atoms with Crippen molar-refractivity contribution in [2.24, 2.45) is 0 Å². The molecule has 19 heavy (non-hydrogen) atoms. The van der Waals surface area contributed by atoms with Crippen LogP contribution in [-0.4, -0.2) is 64.4 Å². The Hall–Kier alpha value is 0.0569. The van der Waals surface area contributed by atoms with E-state index in [1.165, 1.54) is 12.8 Å². The van der Waals surface area contributed by atoms with E-state index in [1.807, 2.05) is 0 Å². The first kappa shape index (κ1) is 19.1. The zero-order valence-corrected chi connectivity index (χ0v) is 14.9. The highest BCUT2D eigenvalue weighted by atomic mass is 28.3. The summed E-state index contributed by atoms with van der Waals surface area (Å²) in [7, 11) is -1.38. The first-order valence-electron chi connectivity index (χ1n) is 8.05. The van der Waals surface area contributed by atoms with E-state index >= 15 is 0 Å². The van der Waals surface area contributed by atoms with Gasteiger partial charge in [0.05, 0.1) is 0 Å². The maximum Gasteiger partial charge on any atom is 0.340 e. The third-order valence-electron chi connectivity index (χ3n) is 3.51. The molecule has 0 aromatic rings. The molecule has 0 aliphatic carbocycles. The normalized spacial score (nSPS) is 12.0. The first-order valence-corrected chi connectivity index (χ1v) is 9.55. The van der Waals surface area contributed by atoms with Crippen LogP contribution < -0.4 is 5.32 Å². The quantitative estimate of drug-likeness (QED) is 0.413. The smallest absolute Gasteiger partial charge is 0.340 e. The van der Waals surface area contributed by atoms with Crippen LogP contribution in [0.2, 0.25) is 0 Å². The molecule has 0 aliphatic rings. The number of nitrogens with one attached hydrogen (secondary N) is 1. The summed E-state index contributed by atoms with van der Waals surface area (Å²) in [4.78, 5) is 0. The predicted molar refractivity (Wildman–Crippen MR) is 86.7 cm³/mol. The van der Waals surface area contributed by atoms with Gasteiger partial charge in [-0.05, 0) is 52.1 Å². The Bertz CT molecular complexity index is 176. The summed E-state index contributed by atoms with van der Waals surface area (Å²) < 4.78 is 11.3. The molecule has 0 saturated carbocycles. The minimum atomic E-state index is -1.38. The molecule has 0 fully saturated rings. The largest absolute Gasteiger partial charge is 0.394 e. The van der Waals surface area contributed by atoms with Crippen LogP contribution in [0.25, 0.3) is 0 Å². The number of hydrogen-bond donors (Lipinski definition) is 1. The molecule has 0 bridgehead atoms. The van der Waals surface area contributed by atoms with Crippen molar-refractivity contribution < 1.29 is 4.43 Å². The number of hydrogen-bond acceptors (Lipinski definition) is 4. The average Bonchev–Trinajstić information content (AvgIpc) is 2.44. The summed E-state index contributed by atoms with van der Waals surface area (Å²) in [6.45, 7) is 18.6. The van der Waals surface area contributed by atoms with Crippen molar-refractivity contribution in [1.82, 2.24) is 14.4 Å². The minimum Gasteiger partial charge on any atom is -0.394 e. The van der Waals surface area contributed by atoms with E-state index in [9.17, 15) is 0 Å². The van der Waals surface area contributed by atoms with Crippen LogP contribution in [0.4, 0.5) is 0 Å². The van der Waals surface area contributed by atoms with Gasteiger partial charge in [0.2, 0.25) is 0 Å². The van der Waals surface area contributed by atoms with Crippen LogP contribution >= 0.6 is 0 Å². The van der Waals surface area contributed by atoms with Gasteiger partial charge in [0.25, 0.3) is 0 Å². The third kappa shape index (κ3) is 8.04. The second-order valence-electron chi connectivity index (χ2n) is 4.70. The molecule has 0 radical (unpaired) electrons. The Balaban J connectivity index is 4.11. The molecule has 0 rings (SSSR count).